The van der Waals surface area contributed by atoms with Crippen LogP contribution in [0.3, 0.4) is 0 Å². The Bertz CT molecular complexity index is 750. The lowest BCUT2D eigenvalue weighted by molar-refractivity contribution is -0.115. The first kappa shape index (κ1) is 16.1. The van der Waals surface area contributed by atoms with Crippen molar-refractivity contribution in [2.75, 3.05) is 18.3 Å². The Labute approximate surface area is 143 Å². The molecule has 120 valence electrons. The third kappa shape index (κ3) is 4.15. The maximum Gasteiger partial charge on any atom is 0.231 e. The van der Waals surface area contributed by atoms with Gasteiger partial charge in [0.15, 0.2) is 26.0 Å². The lowest BCUT2D eigenvalue weighted by Gasteiger charge is -2.01. The molecule has 1 aliphatic rings. The number of hydrogen-bond acceptors (Lipinski definition) is 9. The maximum atomic E-state index is 12.2. The van der Waals surface area contributed by atoms with Gasteiger partial charge in [0.1, 0.15) is 0 Å². The van der Waals surface area contributed by atoms with Crippen LogP contribution in [0.25, 0.3) is 0 Å². The number of amides is 1. The summed E-state index contributed by atoms with van der Waals surface area (Å²) in [5.74, 6) is 1.20. The van der Waals surface area contributed by atoms with Crippen LogP contribution in [0.5, 0.6) is 11.5 Å². The molecule has 1 amide bonds. The Morgan fingerprint density at radius 2 is 1.83 bits per heavy atom. The lowest BCUT2D eigenvalue weighted by Crippen LogP contribution is -2.12. The number of aromatic nitrogens is 2. The number of nitrogens with zero attached hydrogens (tertiary/aromatic N) is 2. The van der Waals surface area contributed by atoms with Crippen molar-refractivity contribution in [1.29, 1.82) is 0 Å². The summed E-state index contributed by atoms with van der Waals surface area (Å²) in [5.41, 5.74) is 5.64. The summed E-state index contributed by atoms with van der Waals surface area (Å²) >= 11 is 3.87. The Balaban J connectivity index is 1.55. The number of Topliss-reactive ketones (excluding diaryl/α,β-unsaturated/α-hetero) is 1. The molecule has 2 aromatic rings. The third-order valence-electron chi connectivity index (χ3n) is 2.75. The summed E-state index contributed by atoms with van der Waals surface area (Å²) in [6.45, 7) is 0.179. The summed E-state index contributed by atoms with van der Waals surface area (Å²) in [6, 6.07) is 5.12. The van der Waals surface area contributed by atoms with E-state index in [1.165, 1.54) is 34.9 Å². The Morgan fingerprint density at radius 1 is 1.13 bits per heavy atom. The van der Waals surface area contributed by atoms with Crippen molar-refractivity contribution in [3.05, 3.63) is 23.8 Å². The molecule has 0 atom stereocenters. The second-order valence-electron chi connectivity index (χ2n) is 4.37. The largest absolute Gasteiger partial charge is 0.454 e. The molecule has 1 aliphatic heterocycles. The van der Waals surface area contributed by atoms with Gasteiger partial charge >= 0.3 is 0 Å². The Hall–Kier alpha value is -1.78. The number of nitrogens with two attached hydrogens (primary N) is 1. The average Bonchev–Trinajstić information content (AvgIpc) is 3.18. The number of thioether (sulfide) groups is 2. The minimum Gasteiger partial charge on any atom is -0.454 e. The highest BCUT2D eigenvalue weighted by atomic mass is 32.2. The summed E-state index contributed by atoms with van der Waals surface area (Å²) in [4.78, 5) is 22.9. The first-order valence-corrected chi connectivity index (χ1v) is 9.21. The van der Waals surface area contributed by atoms with Crippen LogP contribution in [0.4, 0.5) is 0 Å². The van der Waals surface area contributed by atoms with Crippen LogP contribution in [-0.4, -0.2) is 40.2 Å². The van der Waals surface area contributed by atoms with Gasteiger partial charge in [-0.25, -0.2) is 0 Å². The molecular formula is C13H11N3O4S3. The van der Waals surface area contributed by atoms with Gasteiger partial charge in [-0.15, -0.1) is 10.2 Å². The summed E-state index contributed by atoms with van der Waals surface area (Å²) in [5, 5.41) is 7.92. The SMILES string of the molecule is NC(=O)CSc1nnc(SCC(=O)c2ccc3c(c2)OCO3)s1. The van der Waals surface area contributed by atoms with Crippen molar-refractivity contribution in [3.8, 4) is 11.5 Å². The predicted molar refractivity (Wildman–Crippen MR) is 87.4 cm³/mol. The van der Waals surface area contributed by atoms with Crippen molar-refractivity contribution >= 4 is 46.6 Å². The van der Waals surface area contributed by atoms with Gasteiger partial charge in [-0.05, 0) is 18.2 Å². The number of ketones is 1. The van der Waals surface area contributed by atoms with Crippen molar-refractivity contribution in [2.24, 2.45) is 5.73 Å². The van der Waals surface area contributed by atoms with E-state index in [4.69, 9.17) is 15.2 Å². The zero-order valence-electron chi connectivity index (χ0n) is 11.7. The summed E-state index contributed by atoms with van der Waals surface area (Å²) < 4.78 is 11.8. The summed E-state index contributed by atoms with van der Waals surface area (Å²) in [6.07, 6.45) is 0. The molecule has 0 saturated carbocycles. The fourth-order valence-electron chi connectivity index (χ4n) is 1.73. The molecule has 0 fully saturated rings. The highest BCUT2D eigenvalue weighted by Crippen LogP contribution is 2.33. The van der Waals surface area contributed by atoms with E-state index >= 15 is 0 Å². The molecule has 2 N–H and O–H groups in total. The van der Waals surface area contributed by atoms with E-state index in [1.807, 2.05) is 0 Å². The van der Waals surface area contributed by atoms with Crippen LogP contribution in [0.15, 0.2) is 26.9 Å². The van der Waals surface area contributed by atoms with Gasteiger partial charge in [0.2, 0.25) is 12.7 Å². The highest BCUT2D eigenvalue weighted by Gasteiger charge is 2.17. The number of ether oxygens (including phenoxy) is 2. The molecule has 0 radical (unpaired) electrons. The van der Waals surface area contributed by atoms with E-state index < -0.39 is 5.91 Å². The van der Waals surface area contributed by atoms with Gasteiger partial charge in [-0.1, -0.05) is 34.9 Å². The molecule has 10 heteroatoms. The molecule has 0 aliphatic carbocycles. The van der Waals surface area contributed by atoms with Crippen LogP contribution < -0.4 is 15.2 Å². The monoisotopic (exact) mass is 369 g/mol. The number of benzene rings is 1. The van der Waals surface area contributed by atoms with E-state index in [2.05, 4.69) is 10.2 Å². The van der Waals surface area contributed by atoms with Crippen LogP contribution >= 0.6 is 34.9 Å². The van der Waals surface area contributed by atoms with Crippen LogP contribution in [0.1, 0.15) is 10.4 Å². The molecule has 1 aromatic carbocycles. The Morgan fingerprint density at radius 3 is 2.57 bits per heavy atom. The van der Waals surface area contributed by atoms with Crippen molar-refractivity contribution in [3.63, 3.8) is 0 Å². The number of carbonyl (C=O) groups excluding carboxylic acids is 2. The molecule has 7 nitrogen and oxygen atoms in total. The van der Waals surface area contributed by atoms with Crippen LogP contribution in [0, 0.1) is 0 Å². The fraction of sp³-hybridized carbons (Fsp3) is 0.231. The molecule has 0 spiro atoms. The lowest BCUT2D eigenvalue weighted by atomic mass is 10.1. The third-order valence-corrected chi connectivity index (χ3v) is 5.96. The van der Waals surface area contributed by atoms with Gasteiger partial charge in [0.05, 0.1) is 11.5 Å². The number of hydrogen-bond donors (Lipinski definition) is 1. The molecule has 3 rings (SSSR count). The second-order valence-corrected chi connectivity index (χ2v) is 7.79. The topological polar surface area (TPSA) is 104 Å². The number of rotatable bonds is 7. The van der Waals surface area contributed by atoms with Crippen LogP contribution in [0.2, 0.25) is 0 Å². The minimum absolute atomic E-state index is 0.0326. The number of primary amides is 1. The van der Waals surface area contributed by atoms with Gasteiger partial charge in [-0.3, -0.25) is 9.59 Å². The van der Waals surface area contributed by atoms with Gasteiger partial charge in [0.25, 0.3) is 0 Å². The number of carbonyl (C=O) groups is 2. The zero-order chi connectivity index (χ0) is 16.2. The van der Waals surface area contributed by atoms with E-state index in [0.717, 1.165) is 0 Å². The maximum absolute atomic E-state index is 12.2. The van der Waals surface area contributed by atoms with E-state index in [1.54, 1.807) is 18.2 Å². The molecule has 1 aromatic heterocycles. The smallest absolute Gasteiger partial charge is 0.231 e. The van der Waals surface area contributed by atoms with Crippen molar-refractivity contribution in [1.82, 2.24) is 10.2 Å². The van der Waals surface area contributed by atoms with E-state index in [0.29, 0.717) is 25.7 Å². The quantitative estimate of drug-likeness (QED) is 0.582. The molecule has 0 unspecified atom stereocenters. The normalized spacial score (nSPS) is 12.3. The second kappa shape index (κ2) is 7.20. The predicted octanol–water partition coefficient (Wildman–Crippen LogP) is 1.82. The first-order valence-electron chi connectivity index (χ1n) is 6.42. The van der Waals surface area contributed by atoms with Gasteiger partial charge in [-0.2, -0.15) is 0 Å². The van der Waals surface area contributed by atoms with E-state index in [-0.39, 0.29) is 24.1 Å². The molecule has 2 heterocycles. The average molecular weight is 369 g/mol. The number of fused-ring (bicyclic) bond motifs is 1. The Kier molecular flexibility index (Phi) is 5.03. The van der Waals surface area contributed by atoms with Crippen molar-refractivity contribution < 1.29 is 19.1 Å². The molecule has 0 saturated heterocycles. The highest BCUT2D eigenvalue weighted by molar-refractivity contribution is 8.03. The minimum atomic E-state index is -0.405. The zero-order valence-corrected chi connectivity index (χ0v) is 14.1. The molecule has 0 bridgehead atoms. The van der Waals surface area contributed by atoms with Crippen LogP contribution in [-0.2, 0) is 4.79 Å². The van der Waals surface area contributed by atoms with E-state index in [9.17, 15) is 9.59 Å². The molecule has 23 heavy (non-hydrogen) atoms. The van der Waals surface area contributed by atoms with Gasteiger partial charge < -0.3 is 15.2 Å². The molecular weight excluding hydrogens is 358 g/mol. The van der Waals surface area contributed by atoms with Crippen molar-refractivity contribution in [2.45, 2.75) is 8.68 Å². The standard InChI is InChI=1S/C13H11N3O4S3/c14-11(18)5-22-13-16-15-12(23-13)21-4-8(17)7-1-2-9-10(3-7)20-6-19-9/h1-3H,4-6H2,(H2,14,18). The van der Waals surface area contributed by atoms with Gasteiger partial charge in [0, 0.05) is 5.56 Å². The summed E-state index contributed by atoms with van der Waals surface area (Å²) in [7, 11) is 0. The fourth-order valence-corrected chi connectivity index (χ4v) is 4.38. The first-order chi connectivity index (χ1) is 11.1.